The van der Waals surface area contributed by atoms with Gasteiger partial charge >= 0.3 is 0 Å². The number of aliphatic hydroxyl groups is 1. The summed E-state index contributed by atoms with van der Waals surface area (Å²) in [6.45, 7) is 2.95. The Morgan fingerprint density at radius 3 is 2.38 bits per heavy atom. The molecule has 2 saturated heterocycles. The van der Waals surface area contributed by atoms with E-state index in [1.54, 1.807) is 19.2 Å². The smallest absolute Gasteiger partial charge is 0.123 e. The van der Waals surface area contributed by atoms with Crippen LogP contribution in [0.2, 0.25) is 0 Å². The predicted octanol–water partition coefficient (Wildman–Crippen LogP) is 4.16. The number of nitrogens with zero attached hydrogens (tertiary/aromatic N) is 1. The number of hydrogen-bond acceptors (Lipinski definition) is 3. The number of ether oxygens (including phenoxy) is 1. The van der Waals surface area contributed by atoms with Gasteiger partial charge < -0.3 is 9.84 Å². The van der Waals surface area contributed by atoms with Gasteiger partial charge in [0, 0.05) is 24.2 Å². The molecular formula is C22H26FNO2. The molecule has 138 valence electrons. The van der Waals surface area contributed by atoms with E-state index < -0.39 is 5.60 Å². The van der Waals surface area contributed by atoms with E-state index >= 15 is 0 Å². The molecule has 26 heavy (non-hydrogen) atoms. The summed E-state index contributed by atoms with van der Waals surface area (Å²) < 4.78 is 18.8. The third kappa shape index (κ3) is 3.12. The summed E-state index contributed by atoms with van der Waals surface area (Å²) in [7, 11) is 1.71. The van der Waals surface area contributed by atoms with E-state index in [-0.39, 0.29) is 5.82 Å². The molecule has 3 nitrogen and oxygen atoms in total. The minimum atomic E-state index is -0.854. The number of aryl methyl sites for hydroxylation is 1. The highest BCUT2D eigenvalue weighted by atomic mass is 19.1. The van der Waals surface area contributed by atoms with Crippen molar-refractivity contribution < 1.29 is 14.2 Å². The van der Waals surface area contributed by atoms with Gasteiger partial charge in [-0.1, -0.05) is 29.8 Å². The van der Waals surface area contributed by atoms with Crippen molar-refractivity contribution >= 4 is 0 Å². The summed E-state index contributed by atoms with van der Waals surface area (Å²) in [5, 5.41) is 11.3. The van der Waals surface area contributed by atoms with Crippen molar-refractivity contribution in [1.82, 2.24) is 4.90 Å². The van der Waals surface area contributed by atoms with Gasteiger partial charge in [-0.15, -0.1) is 0 Å². The van der Waals surface area contributed by atoms with Crippen molar-refractivity contribution in [3.8, 4) is 5.75 Å². The standard InChI is InChI=1S/C22H26FNO2/c1-15-3-10-21(26-2)16(11-15)14-24-19-8-9-20(24)13-22(25,12-19)17-4-6-18(23)7-5-17/h3-7,10-11,19-20,25H,8-9,12-14H2,1-2H3/t19-,20-/m0/s1. The Balaban J connectivity index is 1.56. The van der Waals surface area contributed by atoms with Crippen LogP contribution in [0.3, 0.4) is 0 Å². The molecule has 2 aromatic carbocycles. The molecule has 0 aromatic heterocycles. The summed E-state index contributed by atoms with van der Waals surface area (Å²) in [4.78, 5) is 2.52. The molecule has 4 heteroatoms. The van der Waals surface area contributed by atoms with E-state index in [9.17, 15) is 9.50 Å². The SMILES string of the molecule is COc1ccc(C)cc1CN1[C@H]2CC[C@H]1CC(O)(c1ccc(F)cc1)C2. The van der Waals surface area contributed by atoms with Crippen molar-refractivity contribution in [3.05, 3.63) is 65.0 Å². The first-order valence-corrected chi connectivity index (χ1v) is 9.36. The molecular weight excluding hydrogens is 329 g/mol. The fourth-order valence-electron chi connectivity index (χ4n) is 4.80. The summed E-state index contributed by atoms with van der Waals surface area (Å²) in [5.41, 5.74) is 2.42. The van der Waals surface area contributed by atoms with Crippen LogP contribution in [-0.4, -0.2) is 29.2 Å². The van der Waals surface area contributed by atoms with Crippen molar-refractivity contribution in [2.24, 2.45) is 0 Å². The molecule has 2 aliphatic heterocycles. The van der Waals surface area contributed by atoms with Gasteiger partial charge in [0.15, 0.2) is 0 Å². The highest BCUT2D eigenvalue weighted by Crippen LogP contribution is 2.46. The van der Waals surface area contributed by atoms with Crippen LogP contribution < -0.4 is 4.74 Å². The molecule has 2 atom stereocenters. The van der Waals surface area contributed by atoms with Crippen LogP contribution in [0.1, 0.15) is 42.4 Å². The molecule has 0 spiro atoms. The lowest BCUT2D eigenvalue weighted by molar-refractivity contribution is -0.0596. The zero-order valence-corrected chi connectivity index (χ0v) is 15.4. The van der Waals surface area contributed by atoms with Gasteiger partial charge in [0.05, 0.1) is 12.7 Å². The molecule has 0 unspecified atom stereocenters. The van der Waals surface area contributed by atoms with E-state index in [1.807, 2.05) is 6.07 Å². The number of methoxy groups -OCH3 is 1. The number of halogens is 1. The first-order valence-electron chi connectivity index (χ1n) is 9.36. The van der Waals surface area contributed by atoms with Gasteiger partial charge in [-0.3, -0.25) is 4.90 Å². The Morgan fingerprint density at radius 1 is 1.12 bits per heavy atom. The second-order valence-corrected chi connectivity index (χ2v) is 7.82. The van der Waals surface area contributed by atoms with E-state index in [4.69, 9.17) is 4.74 Å². The molecule has 0 saturated carbocycles. The number of piperidine rings is 1. The van der Waals surface area contributed by atoms with Crippen molar-refractivity contribution in [2.45, 2.75) is 56.8 Å². The maximum Gasteiger partial charge on any atom is 0.123 e. The summed E-state index contributed by atoms with van der Waals surface area (Å²) >= 11 is 0. The minimum Gasteiger partial charge on any atom is -0.496 e. The zero-order chi connectivity index (χ0) is 18.3. The Kier molecular flexibility index (Phi) is 4.49. The predicted molar refractivity (Wildman–Crippen MR) is 99.6 cm³/mol. The Labute approximate surface area is 154 Å². The molecule has 0 amide bonds. The molecule has 2 heterocycles. The summed E-state index contributed by atoms with van der Waals surface area (Å²) in [6.07, 6.45) is 3.59. The fourth-order valence-corrected chi connectivity index (χ4v) is 4.80. The third-order valence-corrected chi connectivity index (χ3v) is 6.09. The minimum absolute atomic E-state index is 0.260. The van der Waals surface area contributed by atoms with Gasteiger partial charge in [-0.2, -0.15) is 0 Å². The normalized spacial score (nSPS) is 28.3. The van der Waals surface area contributed by atoms with Gasteiger partial charge in [-0.25, -0.2) is 4.39 Å². The first-order chi connectivity index (χ1) is 12.5. The van der Waals surface area contributed by atoms with Crippen LogP contribution in [-0.2, 0) is 12.1 Å². The molecule has 2 bridgehead atoms. The second kappa shape index (κ2) is 6.67. The zero-order valence-electron chi connectivity index (χ0n) is 15.4. The van der Waals surface area contributed by atoms with Gasteiger partial charge in [0.25, 0.3) is 0 Å². The first kappa shape index (κ1) is 17.5. The van der Waals surface area contributed by atoms with Crippen LogP contribution in [0.5, 0.6) is 5.75 Å². The van der Waals surface area contributed by atoms with E-state index in [2.05, 4.69) is 24.0 Å². The maximum atomic E-state index is 13.3. The molecule has 2 aromatic rings. The maximum absolute atomic E-state index is 13.3. The van der Waals surface area contributed by atoms with Crippen LogP contribution in [0.15, 0.2) is 42.5 Å². The summed E-state index contributed by atoms with van der Waals surface area (Å²) in [5.74, 6) is 0.665. The summed E-state index contributed by atoms with van der Waals surface area (Å²) in [6, 6.07) is 13.3. The van der Waals surface area contributed by atoms with E-state index in [0.29, 0.717) is 24.9 Å². The Bertz CT molecular complexity index is 775. The average Bonchev–Trinajstić information content (AvgIpc) is 2.86. The van der Waals surface area contributed by atoms with Crippen LogP contribution >= 0.6 is 0 Å². The largest absolute Gasteiger partial charge is 0.496 e. The lowest BCUT2D eigenvalue weighted by Crippen LogP contribution is -2.49. The lowest BCUT2D eigenvalue weighted by Gasteiger charge is -2.44. The third-order valence-electron chi connectivity index (χ3n) is 6.09. The molecule has 2 aliphatic rings. The van der Waals surface area contributed by atoms with Crippen molar-refractivity contribution in [1.29, 1.82) is 0 Å². The van der Waals surface area contributed by atoms with Gasteiger partial charge in [0.1, 0.15) is 11.6 Å². The van der Waals surface area contributed by atoms with Crippen LogP contribution in [0.25, 0.3) is 0 Å². The number of rotatable bonds is 4. The number of benzene rings is 2. The highest BCUT2D eigenvalue weighted by Gasteiger charge is 2.48. The van der Waals surface area contributed by atoms with Crippen molar-refractivity contribution in [2.75, 3.05) is 7.11 Å². The monoisotopic (exact) mass is 355 g/mol. The molecule has 4 rings (SSSR count). The Hall–Kier alpha value is -1.91. The lowest BCUT2D eigenvalue weighted by atomic mass is 9.80. The van der Waals surface area contributed by atoms with Gasteiger partial charge in [-0.05, 0) is 56.4 Å². The van der Waals surface area contributed by atoms with E-state index in [1.165, 1.54) is 23.3 Å². The topological polar surface area (TPSA) is 32.7 Å². The van der Waals surface area contributed by atoms with Crippen molar-refractivity contribution in [3.63, 3.8) is 0 Å². The molecule has 2 fully saturated rings. The molecule has 1 N–H and O–H groups in total. The second-order valence-electron chi connectivity index (χ2n) is 7.82. The van der Waals surface area contributed by atoms with E-state index in [0.717, 1.165) is 30.7 Å². The highest BCUT2D eigenvalue weighted by molar-refractivity contribution is 5.37. The van der Waals surface area contributed by atoms with Gasteiger partial charge in [0.2, 0.25) is 0 Å². The fraction of sp³-hybridized carbons (Fsp3) is 0.455. The quantitative estimate of drug-likeness (QED) is 0.894. The van der Waals surface area contributed by atoms with Crippen LogP contribution in [0.4, 0.5) is 4.39 Å². The Morgan fingerprint density at radius 2 is 1.77 bits per heavy atom. The number of fused-ring (bicyclic) bond motifs is 2. The molecule has 0 radical (unpaired) electrons. The average molecular weight is 355 g/mol. The molecule has 0 aliphatic carbocycles. The number of hydrogen-bond donors (Lipinski definition) is 1. The van der Waals surface area contributed by atoms with Crippen LogP contribution in [0, 0.1) is 12.7 Å².